The third kappa shape index (κ3) is 3.46. The summed E-state index contributed by atoms with van der Waals surface area (Å²) in [7, 11) is 0. The van der Waals surface area contributed by atoms with Gasteiger partial charge in [0.2, 0.25) is 5.16 Å². The average Bonchev–Trinajstić information content (AvgIpc) is 3.42. The fraction of sp³-hybridized carbons (Fsp3) is 0.0833. The van der Waals surface area contributed by atoms with Gasteiger partial charge in [-0.05, 0) is 61.5 Å². The van der Waals surface area contributed by atoms with Gasteiger partial charge in [0.25, 0.3) is 0 Å². The van der Waals surface area contributed by atoms with Crippen LogP contribution in [0.15, 0.2) is 77.4 Å². The zero-order chi connectivity index (χ0) is 22.4. The number of benzene rings is 1. The predicted molar refractivity (Wildman–Crippen MR) is 131 cm³/mol. The third-order valence-corrected chi connectivity index (χ3v) is 7.45. The van der Waals surface area contributed by atoms with E-state index in [9.17, 15) is 0 Å². The molecule has 0 fully saturated rings. The molecule has 1 aromatic carbocycles. The minimum Gasteiger partial charge on any atom is -0.270 e. The predicted octanol–water partition coefficient (Wildman–Crippen LogP) is 5.65. The van der Waals surface area contributed by atoms with Crippen LogP contribution in [-0.4, -0.2) is 34.7 Å². The lowest BCUT2D eigenvalue weighted by atomic mass is 10.1. The highest BCUT2D eigenvalue weighted by Crippen LogP contribution is 2.40. The van der Waals surface area contributed by atoms with Crippen LogP contribution in [0.4, 0.5) is 0 Å². The maximum atomic E-state index is 4.73. The summed E-state index contributed by atoms with van der Waals surface area (Å²) in [6, 6.07) is 16.1. The Hall–Kier alpha value is -3.69. The summed E-state index contributed by atoms with van der Waals surface area (Å²) in [6.07, 6.45) is 5.13. The molecule has 7 nitrogen and oxygen atoms in total. The number of thiophene rings is 1. The summed E-state index contributed by atoms with van der Waals surface area (Å²) in [4.78, 5) is 19.0. The molecule has 0 saturated carbocycles. The van der Waals surface area contributed by atoms with Crippen LogP contribution in [-0.2, 0) is 0 Å². The molecule has 0 aliphatic carbocycles. The molecular weight excluding hydrogens is 450 g/mol. The molecule has 0 aliphatic rings. The second-order valence-corrected chi connectivity index (χ2v) is 9.49. The standard InChI is InChI=1S/C24H17N7S2/c1-14-12-15(2)28-22-18(14)19-20(32-22)23(27-13-26-19)33-24-30-29-21(16-8-10-25-11-9-16)31(24)17-6-4-3-5-7-17/h3-13H,1-2H3. The number of aromatic nitrogens is 7. The number of aryl methyl sites for hydroxylation is 2. The minimum absolute atomic E-state index is 0.728. The van der Waals surface area contributed by atoms with Gasteiger partial charge in [0.15, 0.2) is 5.82 Å². The minimum atomic E-state index is 0.728. The molecule has 0 atom stereocenters. The van der Waals surface area contributed by atoms with Crippen molar-refractivity contribution in [2.24, 2.45) is 0 Å². The maximum absolute atomic E-state index is 4.73. The molecule has 6 rings (SSSR count). The third-order valence-electron chi connectivity index (χ3n) is 5.29. The van der Waals surface area contributed by atoms with E-state index in [0.717, 1.165) is 53.4 Å². The SMILES string of the molecule is Cc1cc(C)c2c(n1)sc1c(Sc3nnc(-c4ccncc4)n3-c3ccccc3)ncnc12. The van der Waals surface area contributed by atoms with Crippen molar-refractivity contribution >= 4 is 43.5 Å². The highest BCUT2D eigenvalue weighted by atomic mass is 32.2. The molecule has 0 radical (unpaired) electrons. The van der Waals surface area contributed by atoms with Crippen LogP contribution in [0.5, 0.6) is 0 Å². The van der Waals surface area contributed by atoms with Gasteiger partial charge in [-0.3, -0.25) is 9.55 Å². The monoisotopic (exact) mass is 467 g/mol. The fourth-order valence-electron chi connectivity index (χ4n) is 3.88. The average molecular weight is 468 g/mol. The Labute approximate surface area is 197 Å². The Morgan fingerprint density at radius 2 is 1.76 bits per heavy atom. The maximum Gasteiger partial charge on any atom is 0.202 e. The molecule has 9 heteroatoms. The van der Waals surface area contributed by atoms with Gasteiger partial charge in [0, 0.05) is 34.7 Å². The Morgan fingerprint density at radius 3 is 2.58 bits per heavy atom. The van der Waals surface area contributed by atoms with Crippen molar-refractivity contribution in [2.45, 2.75) is 24.0 Å². The van der Waals surface area contributed by atoms with E-state index in [1.165, 1.54) is 17.3 Å². The molecule has 160 valence electrons. The van der Waals surface area contributed by atoms with Crippen molar-refractivity contribution in [3.05, 3.63) is 78.5 Å². The summed E-state index contributed by atoms with van der Waals surface area (Å²) in [5.74, 6) is 0.751. The van der Waals surface area contributed by atoms with Crippen LogP contribution in [0.25, 0.3) is 37.5 Å². The van der Waals surface area contributed by atoms with Gasteiger partial charge < -0.3 is 0 Å². The van der Waals surface area contributed by atoms with Gasteiger partial charge in [-0.2, -0.15) is 0 Å². The van der Waals surface area contributed by atoms with E-state index in [-0.39, 0.29) is 0 Å². The van der Waals surface area contributed by atoms with Crippen molar-refractivity contribution in [1.29, 1.82) is 0 Å². The van der Waals surface area contributed by atoms with E-state index in [4.69, 9.17) is 4.98 Å². The van der Waals surface area contributed by atoms with Gasteiger partial charge in [0.1, 0.15) is 16.2 Å². The number of hydrogen-bond acceptors (Lipinski definition) is 8. The van der Waals surface area contributed by atoms with E-state index in [1.54, 1.807) is 30.1 Å². The summed E-state index contributed by atoms with van der Waals surface area (Å²) in [5.41, 5.74) is 5.02. The molecule has 0 aliphatic heterocycles. The van der Waals surface area contributed by atoms with Gasteiger partial charge >= 0.3 is 0 Å². The molecule has 0 saturated heterocycles. The Kier molecular flexibility index (Phi) is 4.85. The first-order chi connectivity index (χ1) is 16.2. The summed E-state index contributed by atoms with van der Waals surface area (Å²) < 4.78 is 3.06. The Morgan fingerprint density at radius 1 is 0.939 bits per heavy atom. The van der Waals surface area contributed by atoms with E-state index in [0.29, 0.717) is 0 Å². The molecular formula is C24H17N7S2. The van der Waals surface area contributed by atoms with Gasteiger partial charge in [0.05, 0.1) is 10.2 Å². The topological polar surface area (TPSA) is 82.3 Å². The lowest BCUT2D eigenvalue weighted by molar-refractivity contribution is 0.883. The fourth-order valence-corrected chi connectivity index (χ4v) is 6.09. The zero-order valence-electron chi connectivity index (χ0n) is 17.8. The Bertz CT molecular complexity index is 1610. The number of nitrogens with zero attached hydrogens (tertiary/aromatic N) is 7. The summed E-state index contributed by atoms with van der Waals surface area (Å²) in [6.45, 7) is 4.12. The van der Waals surface area contributed by atoms with Crippen LogP contribution < -0.4 is 0 Å². The number of hydrogen-bond donors (Lipinski definition) is 0. The number of rotatable bonds is 4. The second kappa shape index (κ2) is 8.02. The number of para-hydroxylation sites is 1. The van der Waals surface area contributed by atoms with Crippen LogP contribution >= 0.6 is 23.1 Å². The van der Waals surface area contributed by atoms with Crippen LogP contribution in [0, 0.1) is 13.8 Å². The van der Waals surface area contributed by atoms with Crippen LogP contribution in [0.1, 0.15) is 11.3 Å². The largest absolute Gasteiger partial charge is 0.270 e. The van der Waals surface area contributed by atoms with Crippen LogP contribution in [0.3, 0.4) is 0 Å². The highest BCUT2D eigenvalue weighted by Gasteiger charge is 2.20. The highest BCUT2D eigenvalue weighted by molar-refractivity contribution is 7.99. The molecule has 0 N–H and O–H groups in total. The number of pyridine rings is 2. The molecule has 33 heavy (non-hydrogen) atoms. The first kappa shape index (κ1) is 20.0. The van der Waals surface area contributed by atoms with Gasteiger partial charge in [-0.15, -0.1) is 21.5 Å². The molecule has 5 aromatic heterocycles. The summed E-state index contributed by atoms with van der Waals surface area (Å²) >= 11 is 3.10. The zero-order valence-corrected chi connectivity index (χ0v) is 19.4. The lowest BCUT2D eigenvalue weighted by Crippen LogP contribution is -1.99. The molecule has 0 unspecified atom stereocenters. The smallest absolute Gasteiger partial charge is 0.202 e. The van der Waals surface area contributed by atoms with Gasteiger partial charge in [-0.25, -0.2) is 15.0 Å². The first-order valence-electron chi connectivity index (χ1n) is 10.3. The van der Waals surface area contributed by atoms with Gasteiger partial charge in [-0.1, -0.05) is 18.2 Å². The number of fused-ring (bicyclic) bond motifs is 3. The molecule has 0 spiro atoms. The normalized spacial score (nSPS) is 11.5. The van der Waals surface area contributed by atoms with Crippen molar-refractivity contribution in [2.75, 3.05) is 0 Å². The molecule has 0 bridgehead atoms. The summed E-state index contributed by atoms with van der Waals surface area (Å²) in [5, 5.41) is 11.7. The van der Waals surface area contributed by atoms with Crippen molar-refractivity contribution in [3.8, 4) is 17.1 Å². The van der Waals surface area contributed by atoms with E-state index >= 15 is 0 Å². The van der Waals surface area contributed by atoms with Crippen molar-refractivity contribution in [1.82, 2.24) is 34.7 Å². The molecule has 6 aromatic rings. The van der Waals surface area contributed by atoms with E-state index in [2.05, 4.69) is 42.7 Å². The van der Waals surface area contributed by atoms with E-state index in [1.807, 2.05) is 49.4 Å². The molecule has 0 amide bonds. The van der Waals surface area contributed by atoms with Crippen molar-refractivity contribution < 1.29 is 0 Å². The van der Waals surface area contributed by atoms with Crippen molar-refractivity contribution in [3.63, 3.8) is 0 Å². The second-order valence-electron chi connectivity index (χ2n) is 7.53. The first-order valence-corrected chi connectivity index (χ1v) is 11.9. The van der Waals surface area contributed by atoms with E-state index < -0.39 is 0 Å². The lowest BCUT2D eigenvalue weighted by Gasteiger charge is -2.10. The van der Waals surface area contributed by atoms with Crippen LogP contribution in [0.2, 0.25) is 0 Å². The Balaban J connectivity index is 1.53. The molecule has 5 heterocycles. The quantitative estimate of drug-likeness (QED) is 0.310.